The van der Waals surface area contributed by atoms with E-state index in [-0.39, 0.29) is 24.7 Å². The number of nitrogens with zero attached hydrogens (tertiary/aromatic N) is 3. The van der Waals surface area contributed by atoms with Gasteiger partial charge in [0.2, 0.25) is 10.0 Å². The molecule has 1 aromatic heterocycles. The number of imidazole rings is 1. The molecule has 2 amide bonds. The van der Waals surface area contributed by atoms with E-state index in [2.05, 4.69) is 15.0 Å². The van der Waals surface area contributed by atoms with E-state index in [0.29, 0.717) is 13.1 Å². The van der Waals surface area contributed by atoms with Crippen molar-refractivity contribution in [1.29, 1.82) is 0 Å². The zero-order valence-electron chi connectivity index (χ0n) is 13.6. The fourth-order valence-electron chi connectivity index (χ4n) is 2.78. The largest absolute Gasteiger partial charge is 0.335 e. The van der Waals surface area contributed by atoms with E-state index in [0.717, 1.165) is 25.5 Å². The van der Waals surface area contributed by atoms with Crippen molar-refractivity contribution in [1.82, 2.24) is 24.5 Å². The summed E-state index contributed by atoms with van der Waals surface area (Å²) in [5, 5.41) is 2.98. The van der Waals surface area contributed by atoms with Crippen molar-refractivity contribution in [3.05, 3.63) is 18.7 Å². The summed E-state index contributed by atoms with van der Waals surface area (Å²) in [5.41, 5.74) is 0. The molecule has 23 heavy (non-hydrogen) atoms. The minimum absolute atomic E-state index is 0.0397. The summed E-state index contributed by atoms with van der Waals surface area (Å²) in [7, 11) is -3.25. The molecule has 1 aliphatic heterocycles. The first-order valence-electron chi connectivity index (χ1n) is 7.82. The molecule has 0 spiro atoms. The lowest BCUT2D eigenvalue weighted by molar-refractivity contribution is 0.149. The van der Waals surface area contributed by atoms with Crippen molar-refractivity contribution in [2.24, 2.45) is 0 Å². The normalized spacial score (nSPS) is 20.3. The highest BCUT2D eigenvalue weighted by molar-refractivity contribution is 7.88. The molecule has 1 aliphatic rings. The zero-order valence-corrected chi connectivity index (χ0v) is 14.4. The van der Waals surface area contributed by atoms with Gasteiger partial charge in [0.15, 0.2) is 0 Å². The van der Waals surface area contributed by atoms with E-state index in [1.807, 2.05) is 17.7 Å². The van der Waals surface area contributed by atoms with E-state index in [9.17, 15) is 13.2 Å². The van der Waals surface area contributed by atoms with Gasteiger partial charge in [-0.2, -0.15) is 0 Å². The monoisotopic (exact) mass is 343 g/mol. The lowest BCUT2D eigenvalue weighted by Crippen LogP contribution is -2.54. The Morgan fingerprint density at radius 3 is 2.87 bits per heavy atom. The molecular formula is C14H25N5O3S. The first-order chi connectivity index (χ1) is 10.8. The summed E-state index contributed by atoms with van der Waals surface area (Å²) < 4.78 is 26.9. The highest BCUT2D eigenvalue weighted by atomic mass is 32.2. The van der Waals surface area contributed by atoms with E-state index in [1.54, 1.807) is 17.4 Å². The maximum absolute atomic E-state index is 12.5. The molecule has 2 N–H and O–H groups in total. The molecule has 0 saturated carbocycles. The van der Waals surface area contributed by atoms with Gasteiger partial charge in [-0.25, -0.2) is 22.9 Å². The summed E-state index contributed by atoms with van der Waals surface area (Å²) in [5.74, 6) is 0. The van der Waals surface area contributed by atoms with Crippen LogP contribution in [0.1, 0.15) is 26.2 Å². The summed E-state index contributed by atoms with van der Waals surface area (Å²) in [6, 6.07) is -0.279. The molecular weight excluding hydrogens is 318 g/mol. The molecule has 2 rings (SSSR count). The molecule has 0 bridgehead atoms. The van der Waals surface area contributed by atoms with E-state index in [4.69, 9.17) is 0 Å². The van der Waals surface area contributed by atoms with Crippen molar-refractivity contribution in [2.45, 2.75) is 44.8 Å². The van der Waals surface area contributed by atoms with Gasteiger partial charge in [0.1, 0.15) is 0 Å². The Balaban J connectivity index is 1.89. The van der Waals surface area contributed by atoms with Crippen molar-refractivity contribution in [2.75, 3.05) is 19.3 Å². The van der Waals surface area contributed by atoms with Crippen LogP contribution in [0, 0.1) is 0 Å². The van der Waals surface area contributed by atoms with Gasteiger partial charge < -0.3 is 14.8 Å². The average Bonchev–Trinajstić information content (AvgIpc) is 2.97. The van der Waals surface area contributed by atoms with Crippen LogP contribution in [0.3, 0.4) is 0 Å². The number of carbonyl (C=O) groups excluding carboxylic acids is 1. The third-order valence-electron chi connectivity index (χ3n) is 3.88. The van der Waals surface area contributed by atoms with Crippen LogP contribution in [-0.4, -0.2) is 60.3 Å². The smallest absolute Gasteiger partial charge is 0.317 e. The summed E-state index contributed by atoms with van der Waals surface area (Å²) >= 11 is 0. The molecule has 0 radical (unpaired) electrons. The number of rotatable bonds is 6. The average molecular weight is 343 g/mol. The van der Waals surface area contributed by atoms with Crippen molar-refractivity contribution in [3.63, 3.8) is 0 Å². The molecule has 0 aliphatic carbocycles. The van der Waals surface area contributed by atoms with Crippen LogP contribution in [0.4, 0.5) is 4.79 Å². The summed E-state index contributed by atoms with van der Waals surface area (Å²) in [6.07, 6.45) is 9.15. The molecule has 2 heterocycles. The van der Waals surface area contributed by atoms with Crippen molar-refractivity contribution in [3.8, 4) is 0 Å². The number of carbonyl (C=O) groups is 1. The van der Waals surface area contributed by atoms with Gasteiger partial charge in [0.05, 0.1) is 12.6 Å². The number of piperidine rings is 1. The fourth-order valence-corrected chi connectivity index (χ4v) is 3.27. The third kappa shape index (κ3) is 5.83. The Kier molecular flexibility index (Phi) is 6.00. The molecule has 9 heteroatoms. The highest BCUT2D eigenvalue weighted by Crippen LogP contribution is 2.17. The number of hydrogen-bond donors (Lipinski definition) is 2. The van der Waals surface area contributed by atoms with Crippen LogP contribution < -0.4 is 10.0 Å². The molecule has 8 nitrogen and oxygen atoms in total. The predicted molar refractivity (Wildman–Crippen MR) is 87.4 cm³/mol. The highest BCUT2D eigenvalue weighted by Gasteiger charge is 2.27. The molecule has 1 fully saturated rings. The van der Waals surface area contributed by atoms with Gasteiger partial charge in [-0.05, 0) is 26.2 Å². The molecule has 2 atom stereocenters. The van der Waals surface area contributed by atoms with Gasteiger partial charge >= 0.3 is 6.03 Å². The maximum atomic E-state index is 12.5. The second-order valence-corrected chi connectivity index (χ2v) is 7.91. The molecule has 0 aromatic carbocycles. The molecule has 130 valence electrons. The maximum Gasteiger partial charge on any atom is 0.317 e. The van der Waals surface area contributed by atoms with Crippen LogP contribution in [0.2, 0.25) is 0 Å². The summed E-state index contributed by atoms with van der Waals surface area (Å²) in [6.45, 7) is 3.50. The lowest BCUT2D eigenvalue weighted by Gasteiger charge is -2.36. The quantitative estimate of drug-likeness (QED) is 0.781. The van der Waals surface area contributed by atoms with Crippen LogP contribution in [-0.2, 0) is 16.6 Å². The lowest BCUT2D eigenvalue weighted by atomic mass is 10.0. The number of likely N-dealkylation sites (tertiary alicyclic amines) is 1. The van der Waals surface area contributed by atoms with Gasteiger partial charge in [0, 0.05) is 44.1 Å². The van der Waals surface area contributed by atoms with Crippen molar-refractivity contribution >= 4 is 16.1 Å². The minimum atomic E-state index is -3.25. The minimum Gasteiger partial charge on any atom is -0.335 e. The number of sulfonamides is 1. The third-order valence-corrected chi connectivity index (χ3v) is 4.57. The number of hydrogen-bond acceptors (Lipinski definition) is 4. The van der Waals surface area contributed by atoms with Crippen LogP contribution >= 0.6 is 0 Å². The number of amides is 2. The molecule has 1 aromatic rings. The SMILES string of the molecule is C[C@H](Cn1ccnc1)NC(=O)N1CCCC[C@H]1CNS(C)(=O)=O. The fraction of sp³-hybridized carbons (Fsp3) is 0.714. The van der Waals surface area contributed by atoms with Gasteiger partial charge in [-0.15, -0.1) is 0 Å². The standard InChI is InChI=1S/C14H25N5O3S/c1-12(10-18-8-6-15-11-18)17-14(20)19-7-4-3-5-13(19)9-16-23(2,21)22/h6,8,11-13,16H,3-5,7,9-10H2,1-2H3,(H,17,20)/t12-,13+/m1/s1. The van der Waals surface area contributed by atoms with Gasteiger partial charge in [-0.1, -0.05) is 0 Å². The van der Waals surface area contributed by atoms with Gasteiger partial charge in [0.25, 0.3) is 0 Å². The van der Waals surface area contributed by atoms with E-state index >= 15 is 0 Å². The zero-order chi connectivity index (χ0) is 16.9. The second-order valence-electron chi connectivity index (χ2n) is 6.07. The first kappa shape index (κ1) is 17.7. The Bertz CT molecular complexity index is 602. The molecule has 1 saturated heterocycles. The Morgan fingerprint density at radius 1 is 1.43 bits per heavy atom. The van der Waals surface area contributed by atoms with E-state index < -0.39 is 10.0 Å². The number of aromatic nitrogens is 2. The van der Waals surface area contributed by atoms with E-state index in [1.165, 1.54) is 0 Å². The second kappa shape index (κ2) is 7.78. The summed E-state index contributed by atoms with van der Waals surface area (Å²) in [4.78, 5) is 18.2. The Labute approximate surface area is 137 Å². The van der Waals surface area contributed by atoms with Crippen LogP contribution in [0.5, 0.6) is 0 Å². The molecule has 0 unspecified atom stereocenters. The number of nitrogens with one attached hydrogen (secondary N) is 2. The van der Waals surface area contributed by atoms with Crippen molar-refractivity contribution < 1.29 is 13.2 Å². The van der Waals surface area contributed by atoms with Crippen LogP contribution in [0.25, 0.3) is 0 Å². The first-order valence-corrected chi connectivity index (χ1v) is 9.72. The number of urea groups is 1. The van der Waals surface area contributed by atoms with Gasteiger partial charge in [-0.3, -0.25) is 0 Å². The topological polar surface area (TPSA) is 96.3 Å². The Hall–Kier alpha value is -1.61. The van der Waals surface area contributed by atoms with Crippen LogP contribution in [0.15, 0.2) is 18.7 Å². The Morgan fingerprint density at radius 2 is 2.22 bits per heavy atom. The predicted octanol–water partition coefficient (Wildman–Crippen LogP) is 0.385.